The lowest BCUT2D eigenvalue weighted by Crippen LogP contribution is -2.31. The van der Waals surface area contributed by atoms with Crippen molar-refractivity contribution in [3.63, 3.8) is 0 Å². The van der Waals surface area contributed by atoms with Gasteiger partial charge in [0.15, 0.2) is 6.29 Å². The van der Waals surface area contributed by atoms with Gasteiger partial charge in [-0.3, -0.25) is 0 Å². The molecule has 1 heterocycles. The topological polar surface area (TPSA) is 38.7 Å². The van der Waals surface area contributed by atoms with Crippen molar-refractivity contribution < 1.29 is 14.6 Å². The average Bonchev–Trinajstić information content (AvgIpc) is 2.15. The Morgan fingerprint density at radius 3 is 2.71 bits per heavy atom. The van der Waals surface area contributed by atoms with Gasteiger partial charge in [0.2, 0.25) is 0 Å². The van der Waals surface area contributed by atoms with Gasteiger partial charge in [-0.2, -0.15) is 0 Å². The summed E-state index contributed by atoms with van der Waals surface area (Å²) in [5, 5.41) is 9.64. The Labute approximate surface area is 105 Å². The van der Waals surface area contributed by atoms with Crippen LogP contribution in [0.25, 0.3) is 0 Å². The van der Waals surface area contributed by atoms with E-state index < -0.39 is 5.60 Å². The Morgan fingerprint density at radius 1 is 1.41 bits per heavy atom. The van der Waals surface area contributed by atoms with Gasteiger partial charge >= 0.3 is 0 Å². The van der Waals surface area contributed by atoms with Crippen molar-refractivity contribution in [2.45, 2.75) is 77.8 Å². The maximum absolute atomic E-state index is 9.64. The van der Waals surface area contributed by atoms with Crippen LogP contribution in [0.2, 0.25) is 0 Å². The molecule has 1 N–H and O–H groups in total. The number of aliphatic hydroxyl groups is 1. The SMILES string of the molecule is C[C@@H](CCCC(C)(C)O)C[C@@H]1OCC[C@@H](C)O1. The zero-order chi connectivity index (χ0) is 12.9. The first-order chi connectivity index (χ1) is 7.87. The largest absolute Gasteiger partial charge is 0.390 e. The zero-order valence-electron chi connectivity index (χ0n) is 11.7. The molecule has 0 aromatic rings. The predicted octanol–water partition coefficient (Wildman–Crippen LogP) is 3.11. The van der Waals surface area contributed by atoms with E-state index in [1.54, 1.807) is 0 Å². The van der Waals surface area contributed by atoms with E-state index in [0.717, 1.165) is 38.7 Å². The summed E-state index contributed by atoms with van der Waals surface area (Å²) in [5.41, 5.74) is -0.536. The highest BCUT2D eigenvalue weighted by molar-refractivity contribution is 4.67. The first-order valence-electron chi connectivity index (χ1n) is 6.86. The fraction of sp³-hybridized carbons (Fsp3) is 1.00. The number of rotatable bonds is 6. The third kappa shape index (κ3) is 7.02. The lowest BCUT2D eigenvalue weighted by atomic mass is 9.95. The van der Waals surface area contributed by atoms with Gasteiger partial charge in [0.05, 0.1) is 18.3 Å². The lowest BCUT2D eigenvalue weighted by Gasteiger charge is -2.30. The minimum absolute atomic E-state index is 0.0177. The van der Waals surface area contributed by atoms with E-state index in [9.17, 15) is 5.11 Å². The molecule has 1 rings (SSSR count). The second-order valence-electron chi connectivity index (χ2n) is 6.08. The number of hydrogen-bond acceptors (Lipinski definition) is 3. The third-order valence-corrected chi connectivity index (χ3v) is 3.29. The molecule has 0 aliphatic carbocycles. The average molecular weight is 244 g/mol. The minimum Gasteiger partial charge on any atom is -0.390 e. The van der Waals surface area contributed by atoms with Crippen molar-refractivity contribution in [1.29, 1.82) is 0 Å². The highest BCUT2D eigenvalue weighted by atomic mass is 16.7. The summed E-state index contributed by atoms with van der Waals surface area (Å²) in [6, 6.07) is 0. The van der Waals surface area contributed by atoms with Gasteiger partial charge in [-0.25, -0.2) is 0 Å². The second-order valence-corrected chi connectivity index (χ2v) is 6.08. The Morgan fingerprint density at radius 2 is 2.12 bits per heavy atom. The van der Waals surface area contributed by atoms with E-state index in [1.807, 2.05) is 13.8 Å². The van der Waals surface area contributed by atoms with Crippen molar-refractivity contribution in [3.8, 4) is 0 Å². The Bertz CT molecular complexity index is 210. The number of hydrogen-bond donors (Lipinski definition) is 1. The van der Waals surface area contributed by atoms with E-state index in [2.05, 4.69) is 13.8 Å². The van der Waals surface area contributed by atoms with Gasteiger partial charge in [0, 0.05) is 6.42 Å². The summed E-state index contributed by atoms with van der Waals surface area (Å²) in [6.07, 6.45) is 5.34. The standard InChI is InChI=1S/C14H28O3/c1-11(6-5-8-14(3,4)15)10-13-16-9-7-12(2)17-13/h11-13,15H,5-10H2,1-4H3/t11-,12+,13+/m0/s1. The van der Waals surface area contributed by atoms with Gasteiger partial charge in [-0.15, -0.1) is 0 Å². The molecule has 102 valence electrons. The molecule has 0 spiro atoms. The molecule has 3 atom stereocenters. The van der Waals surface area contributed by atoms with E-state index in [1.165, 1.54) is 0 Å². The van der Waals surface area contributed by atoms with E-state index in [0.29, 0.717) is 12.0 Å². The second kappa shape index (κ2) is 6.72. The van der Waals surface area contributed by atoms with Crippen LogP contribution in [0.1, 0.15) is 59.8 Å². The molecular weight excluding hydrogens is 216 g/mol. The first kappa shape index (κ1) is 14.9. The normalized spacial score (nSPS) is 28.1. The molecule has 1 fully saturated rings. The Kier molecular flexibility index (Phi) is 5.90. The van der Waals surface area contributed by atoms with Crippen LogP contribution in [0, 0.1) is 5.92 Å². The fourth-order valence-corrected chi connectivity index (χ4v) is 2.18. The van der Waals surface area contributed by atoms with Crippen LogP contribution in [0.15, 0.2) is 0 Å². The smallest absolute Gasteiger partial charge is 0.158 e. The first-order valence-corrected chi connectivity index (χ1v) is 6.86. The monoisotopic (exact) mass is 244 g/mol. The van der Waals surface area contributed by atoms with Gasteiger partial charge in [-0.05, 0) is 39.5 Å². The molecule has 0 amide bonds. The van der Waals surface area contributed by atoms with Crippen molar-refractivity contribution in [2.24, 2.45) is 5.92 Å². The molecular formula is C14H28O3. The van der Waals surface area contributed by atoms with E-state index in [-0.39, 0.29) is 6.29 Å². The van der Waals surface area contributed by atoms with Gasteiger partial charge in [0.1, 0.15) is 0 Å². The van der Waals surface area contributed by atoms with Crippen molar-refractivity contribution in [1.82, 2.24) is 0 Å². The highest BCUT2D eigenvalue weighted by Crippen LogP contribution is 2.23. The molecule has 0 unspecified atom stereocenters. The van der Waals surface area contributed by atoms with Crippen LogP contribution in [-0.4, -0.2) is 29.7 Å². The molecule has 3 heteroatoms. The van der Waals surface area contributed by atoms with Crippen LogP contribution >= 0.6 is 0 Å². The number of ether oxygens (including phenoxy) is 2. The summed E-state index contributed by atoms with van der Waals surface area (Å²) >= 11 is 0. The summed E-state index contributed by atoms with van der Waals surface area (Å²) in [7, 11) is 0. The summed E-state index contributed by atoms with van der Waals surface area (Å²) in [4.78, 5) is 0. The molecule has 17 heavy (non-hydrogen) atoms. The van der Waals surface area contributed by atoms with E-state index >= 15 is 0 Å². The van der Waals surface area contributed by atoms with Crippen LogP contribution in [-0.2, 0) is 9.47 Å². The minimum atomic E-state index is -0.536. The Balaban J connectivity index is 2.13. The lowest BCUT2D eigenvalue weighted by molar-refractivity contribution is -0.214. The van der Waals surface area contributed by atoms with Crippen LogP contribution < -0.4 is 0 Å². The van der Waals surface area contributed by atoms with E-state index in [4.69, 9.17) is 9.47 Å². The van der Waals surface area contributed by atoms with Crippen molar-refractivity contribution in [2.75, 3.05) is 6.61 Å². The molecule has 0 aromatic carbocycles. The summed E-state index contributed by atoms with van der Waals surface area (Å²) < 4.78 is 11.3. The van der Waals surface area contributed by atoms with Gasteiger partial charge < -0.3 is 14.6 Å². The Hall–Kier alpha value is -0.120. The summed E-state index contributed by atoms with van der Waals surface area (Å²) in [6.45, 7) is 8.90. The third-order valence-electron chi connectivity index (χ3n) is 3.29. The zero-order valence-corrected chi connectivity index (χ0v) is 11.7. The van der Waals surface area contributed by atoms with Crippen LogP contribution in [0.3, 0.4) is 0 Å². The van der Waals surface area contributed by atoms with Gasteiger partial charge in [-0.1, -0.05) is 19.8 Å². The maximum atomic E-state index is 9.64. The van der Waals surface area contributed by atoms with Gasteiger partial charge in [0.25, 0.3) is 0 Å². The molecule has 3 nitrogen and oxygen atoms in total. The molecule has 0 radical (unpaired) electrons. The summed E-state index contributed by atoms with van der Waals surface area (Å²) in [5.74, 6) is 0.590. The predicted molar refractivity (Wildman–Crippen MR) is 68.8 cm³/mol. The molecule has 1 aliphatic heterocycles. The highest BCUT2D eigenvalue weighted by Gasteiger charge is 2.22. The van der Waals surface area contributed by atoms with Crippen LogP contribution in [0.4, 0.5) is 0 Å². The quantitative estimate of drug-likeness (QED) is 0.780. The van der Waals surface area contributed by atoms with Crippen molar-refractivity contribution in [3.05, 3.63) is 0 Å². The molecule has 0 bridgehead atoms. The maximum Gasteiger partial charge on any atom is 0.158 e. The van der Waals surface area contributed by atoms with Crippen LogP contribution in [0.5, 0.6) is 0 Å². The molecule has 0 saturated carbocycles. The molecule has 1 saturated heterocycles. The fourth-order valence-electron chi connectivity index (χ4n) is 2.18. The van der Waals surface area contributed by atoms with Crippen molar-refractivity contribution >= 4 is 0 Å². The molecule has 0 aromatic heterocycles. The molecule has 1 aliphatic rings.